The third kappa shape index (κ3) is 6.91. The molecule has 1 amide bonds. The van der Waals surface area contributed by atoms with Gasteiger partial charge < -0.3 is 24.3 Å². The maximum Gasteiger partial charge on any atom is 0.307 e. The molecule has 1 aromatic carbocycles. The molecule has 0 aliphatic heterocycles. The van der Waals surface area contributed by atoms with Gasteiger partial charge in [0, 0.05) is 13.0 Å². The molecule has 0 aliphatic rings. The smallest absolute Gasteiger partial charge is 0.307 e. The zero-order valence-corrected chi connectivity index (χ0v) is 15.5. The zero-order chi connectivity index (χ0) is 18.8. The second-order valence-electron chi connectivity index (χ2n) is 5.67. The third-order valence-electron chi connectivity index (χ3n) is 3.38. The van der Waals surface area contributed by atoms with Crippen LogP contribution in [0.25, 0.3) is 0 Å². The summed E-state index contributed by atoms with van der Waals surface area (Å²) in [7, 11) is 4.63. The van der Waals surface area contributed by atoms with Crippen molar-refractivity contribution >= 4 is 11.9 Å². The normalized spacial score (nSPS) is 10.3. The molecule has 0 aromatic heterocycles. The van der Waals surface area contributed by atoms with E-state index in [4.69, 9.17) is 18.9 Å². The van der Waals surface area contributed by atoms with E-state index >= 15 is 0 Å². The number of aryl methyl sites for hydroxylation is 1. The topological polar surface area (TPSA) is 83.1 Å². The maximum absolute atomic E-state index is 11.9. The summed E-state index contributed by atoms with van der Waals surface area (Å²) in [4.78, 5) is 23.3. The first-order chi connectivity index (χ1) is 11.9. The van der Waals surface area contributed by atoms with Crippen molar-refractivity contribution in [3.05, 3.63) is 17.7 Å². The van der Waals surface area contributed by atoms with Crippen LogP contribution in [0.2, 0.25) is 0 Å². The Kier molecular flexibility index (Phi) is 8.60. The first-order valence-electron chi connectivity index (χ1n) is 8.16. The van der Waals surface area contributed by atoms with Crippen molar-refractivity contribution in [3.63, 3.8) is 0 Å². The van der Waals surface area contributed by atoms with Gasteiger partial charge in [0.05, 0.1) is 33.9 Å². The largest absolute Gasteiger partial charge is 0.493 e. The molecular weight excluding hydrogens is 326 g/mol. The molecule has 0 radical (unpaired) electrons. The number of hydrogen-bond donors (Lipinski definition) is 1. The Labute approximate surface area is 148 Å². The van der Waals surface area contributed by atoms with Crippen LogP contribution < -0.4 is 19.5 Å². The number of carbonyl (C=O) groups is 2. The summed E-state index contributed by atoms with van der Waals surface area (Å²) in [6, 6.07) is 3.63. The van der Waals surface area contributed by atoms with E-state index in [1.807, 2.05) is 12.1 Å². The average molecular weight is 353 g/mol. The fraction of sp³-hybridized carbons (Fsp3) is 0.556. The van der Waals surface area contributed by atoms with E-state index in [9.17, 15) is 9.59 Å². The van der Waals surface area contributed by atoms with Gasteiger partial charge in [-0.2, -0.15) is 0 Å². The highest BCUT2D eigenvalue weighted by atomic mass is 16.5. The van der Waals surface area contributed by atoms with Crippen LogP contribution in [0.5, 0.6) is 17.2 Å². The molecule has 0 unspecified atom stereocenters. The molecule has 7 heteroatoms. The Morgan fingerprint density at radius 3 is 2.08 bits per heavy atom. The number of esters is 1. The van der Waals surface area contributed by atoms with E-state index in [-0.39, 0.29) is 37.4 Å². The number of amides is 1. The van der Waals surface area contributed by atoms with Crippen molar-refractivity contribution in [2.24, 2.45) is 0 Å². The van der Waals surface area contributed by atoms with E-state index in [1.54, 1.807) is 28.1 Å². The monoisotopic (exact) mass is 353 g/mol. The van der Waals surface area contributed by atoms with Gasteiger partial charge in [-0.15, -0.1) is 0 Å². The minimum atomic E-state index is -0.320. The quantitative estimate of drug-likeness (QED) is 0.649. The summed E-state index contributed by atoms with van der Waals surface area (Å²) in [5.41, 5.74) is 0.892. The summed E-state index contributed by atoms with van der Waals surface area (Å²) in [5, 5.41) is 2.71. The lowest BCUT2D eigenvalue weighted by molar-refractivity contribution is -0.147. The van der Waals surface area contributed by atoms with E-state index < -0.39 is 0 Å². The van der Waals surface area contributed by atoms with Crippen molar-refractivity contribution in [1.29, 1.82) is 0 Å². The summed E-state index contributed by atoms with van der Waals surface area (Å²) >= 11 is 0. The van der Waals surface area contributed by atoms with Gasteiger partial charge in [0.15, 0.2) is 11.5 Å². The summed E-state index contributed by atoms with van der Waals surface area (Å²) < 4.78 is 20.9. The van der Waals surface area contributed by atoms with Gasteiger partial charge in [0.1, 0.15) is 0 Å². The minimum absolute atomic E-state index is 0.133. The van der Waals surface area contributed by atoms with Crippen LogP contribution in [0.3, 0.4) is 0 Å². The first kappa shape index (κ1) is 20.6. The molecule has 25 heavy (non-hydrogen) atoms. The van der Waals surface area contributed by atoms with E-state index in [1.165, 1.54) is 7.11 Å². The Bertz CT molecular complexity index is 560. The second-order valence-corrected chi connectivity index (χ2v) is 5.67. The Morgan fingerprint density at radius 2 is 1.60 bits per heavy atom. The highest BCUT2D eigenvalue weighted by Gasteiger charge is 2.14. The number of rotatable bonds is 10. The van der Waals surface area contributed by atoms with Gasteiger partial charge in [-0.1, -0.05) is 0 Å². The molecule has 140 valence electrons. The van der Waals surface area contributed by atoms with Crippen molar-refractivity contribution < 1.29 is 28.5 Å². The SMILES string of the molecule is COc1cc(CCC(=O)NCCC(=O)OC(C)C)cc(OC)c1OC. The molecule has 7 nitrogen and oxygen atoms in total. The number of nitrogens with one attached hydrogen (secondary N) is 1. The molecule has 0 fully saturated rings. The van der Waals surface area contributed by atoms with Crippen molar-refractivity contribution in [2.45, 2.75) is 39.2 Å². The molecule has 0 saturated heterocycles. The van der Waals surface area contributed by atoms with E-state index in [0.717, 1.165) is 5.56 Å². The number of hydrogen-bond acceptors (Lipinski definition) is 6. The van der Waals surface area contributed by atoms with Crippen molar-refractivity contribution in [2.75, 3.05) is 27.9 Å². The Balaban J connectivity index is 2.52. The maximum atomic E-state index is 11.9. The van der Waals surface area contributed by atoms with E-state index in [0.29, 0.717) is 23.7 Å². The molecule has 0 saturated carbocycles. The lowest BCUT2D eigenvalue weighted by Crippen LogP contribution is -2.27. The van der Waals surface area contributed by atoms with Crippen LogP contribution in [0.1, 0.15) is 32.3 Å². The molecule has 0 bridgehead atoms. The Hall–Kier alpha value is -2.44. The predicted octanol–water partition coefficient (Wildman–Crippen LogP) is 2.10. The summed E-state index contributed by atoms with van der Waals surface area (Å²) in [6.07, 6.45) is 0.813. The van der Waals surface area contributed by atoms with Gasteiger partial charge in [-0.25, -0.2) is 0 Å². The van der Waals surface area contributed by atoms with Gasteiger partial charge in [-0.05, 0) is 38.0 Å². The van der Waals surface area contributed by atoms with Crippen molar-refractivity contribution in [3.8, 4) is 17.2 Å². The number of ether oxygens (including phenoxy) is 4. The lowest BCUT2D eigenvalue weighted by atomic mass is 10.1. The van der Waals surface area contributed by atoms with Gasteiger partial charge in [-0.3, -0.25) is 9.59 Å². The van der Waals surface area contributed by atoms with Crippen molar-refractivity contribution in [1.82, 2.24) is 5.32 Å². The second kappa shape index (κ2) is 10.4. The van der Waals surface area contributed by atoms with Gasteiger partial charge in [0.25, 0.3) is 0 Å². The molecule has 0 heterocycles. The molecule has 0 spiro atoms. The van der Waals surface area contributed by atoms with Crippen LogP contribution in [-0.4, -0.2) is 45.9 Å². The lowest BCUT2D eigenvalue weighted by Gasteiger charge is -2.14. The fourth-order valence-corrected chi connectivity index (χ4v) is 2.25. The molecule has 0 aliphatic carbocycles. The van der Waals surface area contributed by atoms with Crippen LogP contribution in [0.4, 0.5) is 0 Å². The minimum Gasteiger partial charge on any atom is -0.493 e. The van der Waals surface area contributed by atoms with Gasteiger partial charge >= 0.3 is 5.97 Å². The predicted molar refractivity (Wildman–Crippen MR) is 93.3 cm³/mol. The summed E-state index contributed by atoms with van der Waals surface area (Å²) in [6.45, 7) is 3.83. The average Bonchev–Trinajstić information content (AvgIpc) is 2.58. The standard InChI is InChI=1S/C18H27NO6/c1-12(2)25-17(21)8-9-19-16(20)7-6-13-10-14(22-3)18(24-5)15(11-13)23-4/h10-12H,6-9H2,1-5H3,(H,19,20). The van der Waals surface area contributed by atoms with E-state index in [2.05, 4.69) is 5.32 Å². The molecule has 1 rings (SSSR count). The highest BCUT2D eigenvalue weighted by molar-refractivity contribution is 5.77. The fourth-order valence-electron chi connectivity index (χ4n) is 2.25. The summed E-state index contributed by atoms with van der Waals surface area (Å²) in [5.74, 6) is 1.16. The molecule has 1 N–H and O–H groups in total. The van der Waals surface area contributed by atoms with Crippen LogP contribution >= 0.6 is 0 Å². The Morgan fingerprint density at radius 1 is 1.00 bits per heavy atom. The first-order valence-corrected chi connectivity index (χ1v) is 8.16. The highest BCUT2D eigenvalue weighted by Crippen LogP contribution is 2.38. The number of benzene rings is 1. The van der Waals surface area contributed by atoms with Gasteiger partial charge in [0.2, 0.25) is 11.7 Å². The molecular formula is C18H27NO6. The number of carbonyl (C=O) groups excluding carboxylic acids is 2. The van der Waals surface area contributed by atoms with Crippen LogP contribution in [-0.2, 0) is 20.7 Å². The molecule has 1 aromatic rings. The van der Waals surface area contributed by atoms with Crippen LogP contribution in [0.15, 0.2) is 12.1 Å². The number of methoxy groups -OCH3 is 3. The molecule has 0 atom stereocenters. The zero-order valence-electron chi connectivity index (χ0n) is 15.5. The van der Waals surface area contributed by atoms with Crippen LogP contribution in [0, 0.1) is 0 Å². The third-order valence-corrected chi connectivity index (χ3v) is 3.38.